The quantitative estimate of drug-likeness (QED) is 0.323. The molecular formula is C34H39F2N7O2. The molecule has 3 aliphatic heterocycles. The Morgan fingerprint density at radius 3 is 2.49 bits per heavy atom. The van der Waals surface area contributed by atoms with Gasteiger partial charge >= 0.3 is 0 Å². The maximum Gasteiger partial charge on any atom is 0.254 e. The van der Waals surface area contributed by atoms with Crippen LogP contribution in [0.1, 0.15) is 45.5 Å². The van der Waals surface area contributed by atoms with Crippen LogP contribution in [0.25, 0.3) is 11.4 Å². The summed E-state index contributed by atoms with van der Waals surface area (Å²) in [6, 6.07) is 12.4. The smallest absolute Gasteiger partial charge is 0.254 e. The summed E-state index contributed by atoms with van der Waals surface area (Å²) in [6.45, 7) is 7.46. The number of hydrogen-bond acceptors (Lipinski definition) is 7. The molecule has 0 spiro atoms. The number of ether oxygens (including phenoxy) is 1. The van der Waals surface area contributed by atoms with Crippen molar-refractivity contribution in [2.45, 2.75) is 38.6 Å². The number of nitrogens with one attached hydrogen (secondary N) is 1. The minimum atomic E-state index is -0.815. The second-order valence-electron chi connectivity index (χ2n) is 12.1. The molecule has 0 saturated carbocycles. The molecule has 3 heterocycles. The van der Waals surface area contributed by atoms with Gasteiger partial charge in [-0.3, -0.25) is 14.7 Å². The van der Waals surface area contributed by atoms with Gasteiger partial charge in [-0.25, -0.2) is 13.8 Å². The zero-order chi connectivity index (χ0) is 30.8. The Labute approximate surface area is 262 Å². The molecule has 0 atom stereocenters. The maximum absolute atomic E-state index is 13.9. The van der Waals surface area contributed by atoms with Crippen LogP contribution in [0, 0.1) is 11.6 Å². The summed E-state index contributed by atoms with van der Waals surface area (Å²) in [5.74, 6) is -1.71. The zero-order valence-corrected chi connectivity index (χ0v) is 25.5. The molecule has 9 nitrogen and oxygen atoms in total. The third-order valence-corrected chi connectivity index (χ3v) is 9.39. The van der Waals surface area contributed by atoms with Crippen LogP contribution in [-0.2, 0) is 30.5 Å². The van der Waals surface area contributed by atoms with Gasteiger partial charge < -0.3 is 15.0 Å². The van der Waals surface area contributed by atoms with Crippen LogP contribution in [0.4, 0.5) is 14.5 Å². The Morgan fingerprint density at radius 2 is 1.69 bits per heavy atom. The second-order valence-corrected chi connectivity index (χ2v) is 12.1. The van der Waals surface area contributed by atoms with Crippen molar-refractivity contribution in [3.8, 4) is 11.4 Å². The highest BCUT2D eigenvalue weighted by molar-refractivity contribution is 6.04. The molecular weight excluding hydrogens is 576 g/mol. The summed E-state index contributed by atoms with van der Waals surface area (Å²) < 4.78 is 32.5. The molecule has 2 saturated heterocycles. The molecule has 236 valence electrons. The van der Waals surface area contributed by atoms with Crippen molar-refractivity contribution >= 4 is 11.6 Å². The van der Waals surface area contributed by atoms with Gasteiger partial charge in [0.25, 0.3) is 5.91 Å². The second kappa shape index (κ2) is 13.1. The summed E-state index contributed by atoms with van der Waals surface area (Å²) in [6.07, 6.45) is 6.11. The number of amides is 1. The van der Waals surface area contributed by atoms with E-state index in [2.05, 4.69) is 32.3 Å². The molecule has 0 radical (unpaired) electrons. The van der Waals surface area contributed by atoms with Crippen molar-refractivity contribution in [3.05, 3.63) is 88.2 Å². The largest absolute Gasteiger partial charge is 0.378 e. The standard InChI is InChI=1S/C34H39F2N7O2/c35-28-10-9-24(21-29(28)36)11-12-40-13-15-42(16-14-40)43-33-27-7-3-2-6-26(27)31(32(33)38-23-39-43)34(44)37-22-25-5-1-4-8-30(25)41-17-19-45-20-18-41/h1,4-5,8-10,21,23H,2-3,6-7,11-20,22H2,(H,37,44). The van der Waals surface area contributed by atoms with E-state index in [1.807, 2.05) is 16.9 Å². The first-order valence-electron chi connectivity index (χ1n) is 16.0. The molecule has 7 rings (SSSR count). The average Bonchev–Trinajstić information content (AvgIpc) is 3.43. The first-order chi connectivity index (χ1) is 22.1. The highest BCUT2D eigenvalue weighted by atomic mass is 19.2. The minimum Gasteiger partial charge on any atom is -0.378 e. The van der Waals surface area contributed by atoms with Crippen molar-refractivity contribution in [2.24, 2.45) is 0 Å². The van der Waals surface area contributed by atoms with Crippen LogP contribution in [0.5, 0.6) is 0 Å². The molecule has 1 amide bonds. The summed E-state index contributed by atoms with van der Waals surface area (Å²) in [7, 11) is 0. The van der Waals surface area contributed by atoms with Crippen LogP contribution in [0.2, 0.25) is 0 Å². The lowest BCUT2D eigenvalue weighted by molar-refractivity contribution is 0.0950. The number of morpholine rings is 1. The molecule has 0 aromatic heterocycles. The lowest BCUT2D eigenvalue weighted by Crippen LogP contribution is -2.52. The fourth-order valence-corrected chi connectivity index (χ4v) is 7.01. The first-order valence-corrected chi connectivity index (χ1v) is 16.0. The minimum absolute atomic E-state index is 0.0905. The van der Waals surface area contributed by atoms with Crippen LogP contribution in [0.15, 0.2) is 48.8 Å². The van der Waals surface area contributed by atoms with E-state index in [9.17, 15) is 13.6 Å². The number of piperazine rings is 1. The summed E-state index contributed by atoms with van der Waals surface area (Å²) in [5, 5.41) is 10.2. The number of carbonyl (C=O) groups excluding carboxylic acids is 1. The Kier molecular flexibility index (Phi) is 8.62. The van der Waals surface area contributed by atoms with Crippen LogP contribution in [0.3, 0.4) is 0 Å². The number of hydrogen-bond donors (Lipinski definition) is 1. The zero-order valence-electron chi connectivity index (χ0n) is 25.5. The van der Waals surface area contributed by atoms with Gasteiger partial charge in [0.15, 0.2) is 11.6 Å². The van der Waals surface area contributed by atoms with E-state index in [1.165, 1.54) is 17.7 Å². The van der Waals surface area contributed by atoms with Gasteiger partial charge in [0.1, 0.15) is 17.7 Å². The summed E-state index contributed by atoms with van der Waals surface area (Å²) in [4.78, 5) is 25.3. The molecule has 2 aliphatic carbocycles. The van der Waals surface area contributed by atoms with Gasteiger partial charge in [-0.2, -0.15) is 4.79 Å². The fraction of sp³-hybridized carbons (Fsp3) is 0.441. The average molecular weight is 616 g/mol. The number of rotatable bonds is 8. The van der Waals surface area contributed by atoms with E-state index in [0.717, 1.165) is 105 Å². The van der Waals surface area contributed by atoms with Crippen molar-refractivity contribution < 1.29 is 18.3 Å². The Hall–Kier alpha value is -4.09. The number of nitrogens with zero attached hydrogens (tertiary/aromatic N) is 6. The van der Waals surface area contributed by atoms with E-state index >= 15 is 0 Å². The Bertz CT molecular complexity index is 1630. The normalized spacial score (nSPS) is 17.5. The number of fused-ring (bicyclic) bond motifs is 3. The van der Waals surface area contributed by atoms with Crippen LogP contribution in [-0.4, -0.2) is 84.7 Å². The highest BCUT2D eigenvalue weighted by Crippen LogP contribution is 2.39. The predicted molar refractivity (Wildman–Crippen MR) is 168 cm³/mol. The van der Waals surface area contributed by atoms with Crippen LogP contribution < -0.4 is 15.2 Å². The number of para-hydroxylation sites is 1. The maximum atomic E-state index is 13.9. The van der Waals surface area contributed by atoms with Gasteiger partial charge in [-0.05, 0) is 72.6 Å². The van der Waals surface area contributed by atoms with E-state index < -0.39 is 11.6 Å². The Balaban J connectivity index is 1.06. The van der Waals surface area contributed by atoms with Crippen molar-refractivity contribution in [3.63, 3.8) is 0 Å². The summed E-state index contributed by atoms with van der Waals surface area (Å²) >= 11 is 0. The molecule has 5 aliphatic rings. The van der Waals surface area contributed by atoms with Crippen molar-refractivity contribution in [1.29, 1.82) is 0 Å². The van der Waals surface area contributed by atoms with Crippen LogP contribution >= 0.6 is 0 Å². The summed E-state index contributed by atoms with van der Waals surface area (Å²) in [5.41, 5.74) is 7.67. The van der Waals surface area contributed by atoms with Crippen molar-refractivity contribution in [2.75, 3.05) is 68.9 Å². The van der Waals surface area contributed by atoms with E-state index in [-0.39, 0.29) is 5.91 Å². The topological polar surface area (TPSA) is 78.8 Å². The number of carbonyl (C=O) groups is 1. The van der Waals surface area contributed by atoms with Gasteiger partial charge in [-0.15, -0.1) is 5.10 Å². The monoisotopic (exact) mass is 615 g/mol. The van der Waals surface area contributed by atoms with E-state index in [4.69, 9.17) is 14.8 Å². The molecule has 2 fully saturated rings. The Morgan fingerprint density at radius 1 is 0.911 bits per heavy atom. The molecule has 45 heavy (non-hydrogen) atoms. The van der Waals surface area contributed by atoms with E-state index in [1.54, 1.807) is 12.4 Å². The number of benzene rings is 2. The number of anilines is 1. The van der Waals surface area contributed by atoms with Gasteiger partial charge in [0, 0.05) is 58.0 Å². The van der Waals surface area contributed by atoms with E-state index in [0.29, 0.717) is 31.7 Å². The van der Waals surface area contributed by atoms with Crippen molar-refractivity contribution in [1.82, 2.24) is 25.1 Å². The first kappa shape index (κ1) is 29.6. The lowest BCUT2D eigenvalue weighted by Gasteiger charge is -2.37. The van der Waals surface area contributed by atoms with Gasteiger partial charge in [0.2, 0.25) is 0 Å². The fourth-order valence-electron chi connectivity index (χ4n) is 7.01. The molecule has 2 aromatic carbocycles. The molecule has 2 aromatic rings. The van der Waals surface area contributed by atoms with Gasteiger partial charge in [0.05, 0.1) is 18.8 Å². The third-order valence-electron chi connectivity index (χ3n) is 9.39. The highest BCUT2D eigenvalue weighted by Gasteiger charge is 2.34. The van der Waals surface area contributed by atoms with Gasteiger partial charge in [-0.1, -0.05) is 24.3 Å². The SMILES string of the molecule is O=C(NCc1ccccc1N1CCOCC1)c1c2ncnn(N3CCN(CCc4ccc(F)c(F)c4)CC3)c-2c2c1CCCC2. The third kappa shape index (κ3) is 6.11. The molecule has 0 unspecified atom stereocenters. The molecule has 0 bridgehead atoms. The number of halogens is 2. The predicted octanol–water partition coefficient (Wildman–Crippen LogP) is 3.80. The number of aromatic nitrogens is 3. The molecule has 11 heteroatoms. The lowest BCUT2D eigenvalue weighted by atomic mass is 9.93. The molecule has 1 N–H and O–H groups in total.